The number of piperazine rings is 1. The molecule has 1 saturated heterocycles. The lowest BCUT2D eigenvalue weighted by Gasteiger charge is -2.33. The van der Waals surface area contributed by atoms with Gasteiger partial charge in [0.2, 0.25) is 17.8 Å². The Bertz CT molecular complexity index is 1640. The number of H-pyrrole nitrogens is 1. The van der Waals surface area contributed by atoms with Gasteiger partial charge in [0, 0.05) is 44.8 Å². The third-order valence-electron chi connectivity index (χ3n) is 6.97. The fourth-order valence-corrected chi connectivity index (χ4v) is 4.67. The van der Waals surface area contributed by atoms with Crippen molar-refractivity contribution in [1.29, 1.82) is 5.26 Å². The first-order valence-electron chi connectivity index (χ1n) is 14.0. The Labute approximate surface area is 257 Å². The number of nitrogens with zero attached hydrogens (tertiary/aromatic N) is 9. The molecule has 1 fully saturated rings. The molecule has 5 N–H and O–H groups in total. The van der Waals surface area contributed by atoms with Gasteiger partial charge in [0.05, 0.1) is 25.3 Å². The minimum absolute atomic E-state index is 0.111. The standard InChI is InChI=1S/C28H31N13O4/c1-45-24(42)22(14-18-5-7-19(15-29)8-6-18)32-27-34-25(30-16-23-36-38-39-37-23)33-26(35-27)31-21-4-2-3-20(13-21)17-40-9-11-41(12-10-40)28(43)44/h2-8,13,22H,9-12,14,16-17H2,1H3,(H,43,44)(H,36,37,38,39)(H3,30,31,32,33,34,35). The highest BCUT2D eigenvalue weighted by Gasteiger charge is 2.23. The molecule has 3 heterocycles. The zero-order chi connectivity index (χ0) is 31.6. The Kier molecular flexibility index (Phi) is 9.87. The summed E-state index contributed by atoms with van der Waals surface area (Å²) >= 11 is 0. The lowest BCUT2D eigenvalue weighted by molar-refractivity contribution is -0.141. The monoisotopic (exact) mass is 613 g/mol. The van der Waals surface area contributed by atoms with Gasteiger partial charge in [-0.05, 0) is 35.4 Å². The largest absolute Gasteiger partial charge is 0.467 e. The normalized spacial score (nSPS) is 13.8. The second kappa shape index (κ2) is 14.5. The summed E-state index contributed by atoms with van der Waals surface area (Å²) in [6.45, 7) is 3.05. The number of tetrazole rings is 1. The molecule has 232 valence electrons. The lowest BCUT2D eigenvalue weighted by Crippen LogP contribution is -2.47. The molecule has 1 aliphatic heterocycles. The molecule has 0 spiro atoms. The van der Waals surface area contributed by atoms with Crippen molar-refractivity contribution in [3.8, 4) is 6.07 Å². The molecule has 17 heteroatoms. The molecule has 2 aromatic heterocycles. The minimum atomic E-state index is -0.898. The number of carbonyl (C=O) groups is 2. The molecule has 0 bridgehead atoms. The summed E-state index contributed by atoms with van der Waals surface area (Å²) in [4.78, 5) is 41.0. The maximum Gasteiger partial charge on any atom is 0.407 e. The van der Waals surface area contributed by atoms with Crippen LogP contribution in [0.1, 0.15) is 22.5 Å². The van der Waals surface area contributed by atoms with Crippen LogP contribution in [0.4, 0.5) is 28.3 Å². The third-order valence-corrected chi connectivity index (χ3v) is 6.97. The summed E-state index contributed by atoms with van der Waals surface area (Å²) in [5.74, 6) is 0.378. The minimum Gasteiger partial charge on any atom is -0.467 e. The van der Waals surface area contributed by atoms with Crippen molar-refractivity contribution in [1.82, 2.24) is 45.4 Å². The van der Waals surface area contributed by atoms with Crippen molar-refractivity contribution < 1.29 is 19.4 Å². The maximum atomic E-state index is 12.7. The van der Waals surface area contributed by atoms with Gasteiger partial charge < -0.3 is 30.7 Å². The van der Waals surface area contributed by atoms with E-state index in [1.54, 1.807) is 24.3 Å². The van der Waals surface area contributed by atoms with Gasteiger partial charge in [0.15, 0.2) is 5.82 Å². The van der Waals surface area contributed by atoms with Crippen molar-refractivity contribution in [3.63, 3.8) is 0 Å². The summed E-state index contributed by atoms with van der Waals surface area (Å²) < 4.78 is 5.03. The van der Waals surface area contributed by atoms with Gasteiger partial charge in [-0.1, -0.05) is 29.5 Å². The van der Waals surface area contributed by atoms with Gasteiger partial charge in [-0.3, -0.25) is 4.90 Å². The predicted octanol–water partition coefficient (Wildman–Crippen LogP) is 1.60. The van der Waals surface area contributed by atoms with Crippen LogP contribution in [0.15, 0.2) is 48.5 Å². The van der Waals surface area contributed by atoms with Crippen LogP contribution in [-0.4, -0.2) is 102 Å². The van der Waals surface area contributed by atoms with Crippen LogP contribution in [0.5, 0.6) is 0 Å². The molecule has 0 aliphatic carbocycles. The molecule has 5 rings (SSSR count). The second-order valence-corrected chi connectivity index (χ2v) is 10.1. The van der Waals surface area contributed by atoms with Gasteiger partial charge in [0.1, 0.15) is 6.04 Å². The van der Waals surface area contributed by atoms with Crippen molar-refractivity contribution in [3.05, 3.63) is 71.0 Å². The zero-order valence-electron chi connectivity index (χ0n) is 24.3. The first-order valence-corrected chi connectivity index (χ1v) is 14.0. The highest BCUT2D eigenvalue weighted by atomic mass is 16.5. The Balaban J connectivity index is 1.34. The summed E-state index contributed by atoms with van der Waals surface area (Å²) in [5.41, 5.74) is 3.07. The molecule has 45 heavy (non-hydrogen) atoms. The maximum absolute atomic E-state index is 12.7. The van der Waals surface area contributed by atoms with Gasteiger partial charge in [0.25, 0.3) is 0 Å². The fourth-order valence-electron chi connectivity index (χ4n) is 4.67. The van der Waals surface area contributed by atoms with Crippen LogP contribution >= 0.6 is 0 Å². The van der Waals surface area contributed by atoms with Crippen LogP contribution < -0.4 is 16.0 Å². The lowest BCUT2D eigenvalue weighted by atomic mass is 10.0. The number of benzene rings is 2. The van der Waals surface area contributed by atoms with E-state index in [2.05, 4.69) is 62.5 Å². The van der Waals surface area contributed by atoms with E-state index in [1.165, 1.54) is 12.0 Å². The van der Waals surface area contributed by atoms with Crippen molar-refractivity contribution in [2.24, 2.45) is 0 Å². The Hall–Kier alpha value is -5.89. The Morgan fingerprint density at radius 1 is 1.04 bits per heavy atom. The number of aromatic amines is 1. The quantitative estimate of drug-likeness (QED) is 0.143. The van der Waals surface area contributed by atoms with Gasteiger partial charge in [-0.25, -0.2) is 9.59 Å². The molecule has 0 radical (unpaired) electrons. The average molecular weight is 614 g/mol. The number of esters is 1. The summed E-state index contributed by atoms with van der Waals surface area (Å²) in [6, 6.07) is 15.9. The fraction of sp³-hybridized carbons (Fsp3) is 0.321. The highest BCUT2D eigenvalue weighted by Crippen LogP contribution is 2.20. The molecule has 17 nitrogen and oxygen atoms in total. The van der Waals surface area contributed by atoms with Crippen LogP contribution in [0.2, 0.25) is 0 Å². The van der Waals surface area contributed by atoms with E-state index in [0.717, 1.165) is 16.8 Å². The van der Waals surface area contributed by atoms with Gasteiger partial charge >= 0.3 is 12.1 Å². The van der Waals surface area contributed by atoms with E-state index in [1.807, 2.05) is 24.3 Å². The van der Waals surface area contributed by atoms with Crippen molar-refractivity contribution >= 4 is 35.6 Å². The molecular weight excluding hydrogens is 582 g/mol. The molecular formula is C28H31N13O4. The number of carbonyl (C=O) groups excluding carboxylic acids is 1. The first kappa shape index (κ1) is 30.6. The van der Waals surface area contributed by atoms with Crippen LogP contribution in [0.3, 0.4) is 0 Å². The van der Waals surface area contributed by atoms with Crippen molar-refractivity contribution in [2.75, 3.05) is 49.2 Å². The number of aromatic nitrogens is 7. The number of hydrogen-bond donors (Lipinski definition) is 5. The highest BCUT2D eigenvalue weighted by molar-refractivity contribution is 5.79. The number of ether oxygens (including phenoxy) is 1. The van der Waals surface area contributed by atoms with Gasteiger partial charge in [-0.15, -0.1) is 10.2 Å². The molecule has 1 unspecified atom stereocenters. The number of rotatable bonds is 12. The van der Waals surface area contributed by atoms with E-state index in [-0.39, 0.29) is 30.8 Å². The first-order chi connectivity index (χ1) is 21.9. The molecule has 4 aromatic rings. The smallest absolute Gasteiger partial charge is 0.407 e. The van der Waals surface area contributed by atoms with E-state index in [4.69, 9.17) is 10.00 Å². The molecule has 2 aromatic carbocycles. The molecule has 1 atom stereocenters. The van der Waals surface area contributed by atoms with E-state index in [9.17, 15) is 14.7 Å². The molecule has 0 saturated carbocycles. The predicted molar refractivity (Wildman–Crippen MR) is 160 cm³/mol. The molecule has 1 aliphatic rings. The van der Waals surface area contributed by atoms with E-state index < -0.39 is 18.1 Å². The van der Waals surface area contributed by atoms with Crippen molar-refractivity contribution in [2.45, 2.75) is 25.6 Å². The van der Waals surface area contributed by atoms with Gasteiger partial charge in [-0.2, -0.15) is 25.4 Å². The number of methoxy groups -OCH3 is 1. The summed E-state index contributed by atoms with van der Waals surface area (Å²) in [7, 11) is 1.30. The SMILES string of the molecule is COC(=O)C(Cc1ccc(C#N)cc1)Nc1nc(NCc2nn[nH]n2)nc(Nc2cccc(CN3CCN(C(=O)O)CC3)c2)n1. The van der Waals surface area contributed by atoms with E-state index in [0.29, 0.717) is 44.1 Å². The number of nitriles is 1. The number of hydrogen-bond acceptors (Lipinski definition) is 14. The number of anilines is 4. The topological polar surface area (TPSA) is 223 Å². The number of carboxylic acid groups (broad SMARTS) is 1. The summed E-state index contributed by atoms with van der Waals surface area (Å²) in [5, 5.41) is 41.4. The Morgan fingerprint density at radius 2 is 1.80 bits per heavy atom. The second-order valence-electron chi connectivity index (χ2n) is 10.1. The third kappa shape index (κ3) is 8.58. The molecule has 1 amide bonds. The number of nitrogens with one attached hydrogen (secondary N) is 4. The van der Waals surface area contributed by atoms with Crippen LogP contribution in [-0.2, 0) is 29.0 Å². The van der Waals surface area contributed by atoms with Crippen LogP contribution in [0.25, 0.3) is 0 Å². The van der Waals surface area contributed by atoms with Crippen LogP contribution in [0, 0.1) is 11.3 Å². The zero-order valence-corrected chi connectivity index (χ0v) is 24.3. The average Bonchev–Trinajstić information content (AvgIpc) is 3.58. The summed E-state index contributed by atoms with van der Waals surface area (Å²) in [6.07, 6.45) is -0.647. The Morgan fingerprint density at radius 3 is 2.49 bits per heavy atom. The van der Waals surface area contributed by atoms with E-state index >= 15 is 0 Å². The number of amides is 1.